The number of aryl methyl sites for hydroxylation is 2. The number of carbonyl (C=O) groups excluding carboxylic acids is 1. The van der Waals surface area contributed by atoms with Crippen LogP contribution in [0.5, 0.6) is 0 Å². The van der Waals surface area contributed by atoms with Gasteiger partial charge in [-0.05, 0) is 49.2 Å². The number of hydrogen-bond donors (Lipinski definition) is 2. The van der Waals surface area contributed by atoms with E-state index in [9.17, 15) is 4.79 Å². The summed E-state index contributed by atoms with van der Waals surface area (Å²) in [5, 5.41) is 13.8. The van der Waals surface area contributed by atoms with E-state index in [-0.39, 0.29) is 6.03 Å². The molecule has 6 nitrogen and oxygen atoms in total. The van der Waals surface area contributed by atoms with Gasteiger partial charge in [-0.2, -0.15) is 0 Å². The summed E-state index contributed by atoms with van der Waals surface area (Å²) in [6, 6.07) is 13.4. The fraction of sp³-hybridized carbons (Fsp3) is 0.235. The number of nitrogens with zero attached hydrogens (tertiary/aromatic N) is 3. The van der Waals surface area contributed by atoms with E-state index in [2.05, 4.69) is 20.9 Å². The van der Waals surface area contributed by atoms with Crippen molar-refractivity contribution in [2.45, 2.75) is 20.4 Å². The molecule has 2 aromatic carbocycles. The Kier molecular flexibility index (Phi) is 4.23. The second kappa shape index (κ2) is 6.48. The van der Waals surface area contributed by atoms with E-state index in [1.54, 1.807) is 4.68 Å². The van der Waals surface area contributed by atoms with Crippen LogP contribution < -0.4 is 10.6 Å². The molecule has 0 bridgehead atoms. The lowest BCUT2D eigenvalue weighted by atomic mass is 10.1. The van der Waals surface area contributed by atoms with Crippen molar-refractivity contribution in [3.63, 3.8) is 0 Å². The van der Waals surface area contributed by atoms with Crippen molar-refractivity contribution in [2.24, 2.45) is 0 Å². The number of anilines is 1. The van der Waals surface area contributed by atoms with E-state index in [1.807, 2.05) is 56.3 Å². The molecule has 0 radical (unpaired) electrons. The molecule has 1 heterocycles. The van der Waals surface area contributed by atoms with Crippen LogP contribution in [-0.2, 0) is 6.54 Å². The van der Waals surface area contributed by atoms with Crippen molar-refractivity contribution in [3.05, 3.63) is 53.6 Å². The summed E-state index contributed by atoms with van der Waals surface area (Å²) in [6.45, 7) is 5.11. The molecule has 0 aliphatic heterocycles. The van der Waals surface area contributed by atoms with Gasteiger partial charge in [-0.25, -0.2) is 9.48 Å². The topological polar surface area (TPSA) is 71.8 Å². The normalized spacial score (nSPS) is 10.7. The molecule has 0 aliphatic rings. The van der Waals surface area contributed by atoms with E-state index in [0.717, 1.165) is 22.3 Å². The van der Waals surface area contributed by atoms with Crippen molar-refractivity contribution in [1.29, 1.82) is 0 Å². The lowest BCUT2D eigenvalue weighted by Crippen LogP contribution is -2.31. The summed E-state index contributed by atoms with van der Waals surface area (Å²) in [5.41, 5.74) is 4.96. The zero-order chi connectivity index (χ0) is 16.2. The molecule has 0 aliphatic carbocycles. The van der Waals surface area contributed by atoms with Crippen LogP contribution in [0.2, 0.25) is 0 Å². The predicted molar refractivity (Wildman–Crippen MR) is 90.5 cm³/mol. The SMILES string of the molecule is Cc1ccc(NC(=O)NCCn2nnc3ccccc32)cc1C. The van der Waals surface area contributed by atoms with Gasteiger partial charge in [0.05, 0.1) is 12.1 Å². The second-order valence-corrected chi connectivity index (χ2v) is 5.48. The molecule has 0 spiro atoms. The highest BCUT2D eigenvalue weighted by molar-refractivity contribution is 5.89. The molecule has 0 saturated heterocycles. The first-order valence-electron chi connectivity index (χ1n) is 7.54. The first-order valence-corrected chi connectivity index (χ1v) is 7.54. The maximum atomic E-state index is 11.9. The summed E-state index contributed by atoms with van der Waals surface area (Å²) in [6.07, 6.45) is 0. The van der Waals surface area contributed by atoms with Gasteiger partial charge in [-0.1, -0.05) is 23.4 Å². The number of nitrogens with one attached hydrogen (secondary N) is 2. The van der Waals surface area contributed by atoms with Crippen molar-refractivity contribution in [2.75, 3.05) is 11.9 Å². The number of carbonyl (C=O) groups is 1. The number of para-hydroxylation sites is 1. The Balaban J connectivity index is 1.54. The first-order chi connectivity index (χ1) is 11.1. The van der Waals surface area contributed by atoms with Gasteiger partial charge in [-0.3, -0.25) is 0 Å². The summed E-state index contributed by atoms with van der Waals surface area (Å²) >= 11 is 0. The zero-order valence-electron chi connectivity index (χ0n) is 13.2. The Morgan fingerprint density at radius 2 is 1.96 bits per heavy atom. The van der Waals surface area contributed by atoms with Crippen LogP contribution in [0.1, 0.15) is 11.1 Å². The molecule has 3 aromatic rings. The van der Waals surface area contributed by atoms with Gasteiger partial charge in [-0.15, -0.1) is 5.10 Å². The summed E-state index contributed by atoms with van der Waals surface area (Å²) in [7, 11) is 0. The number of benzene rings is 2. The van der Waals surface area contributed by atoms with E-state index in [1.165, 1.54) is 5.56 Å². The minimum Gasteiger partial charge on any atom is -0.336 e. The summed E-state index contributed by atoms with van der Waals surface area (Å²) < 4.78 is 1.78. The summed E-state index contributed by atoms with van der Waals surface area (Å²) in [4.78, 5) is 11.9. The molecule has 0 saturated carbocycles. The van der Waals surface area contributed by atoms with Gasteiger partial charge >= 0.3 is 6.03 Å². The minimum absolute atomic E-state index is 0.224. The summed E-state index contributed by atoms with van der Waals surface area (Å²) in [5.74, 6) is 0. The highest BCUT2D eigenvalue weighted by Gasteiger charge is 2.05. The number of rotatable bonds is 4. The highest BCUT2D eigenvalue weighted by Crippen LogP contribution is 2.14. The quantitative estimate of drug-likeness (QED) is 0.778. The third-order valence-corrected chi connectivity index (χ3v) is 3.79. The fourth-order valence-electron chi connectivity index (χ4n) is 2.35. The lowest BCUT2D eigenvalue weighted by molar-refractivity contribution is 0.251. The van der Waals surface area contributed by atoms with E-state index in [4.69, 9.17) is 0 Å². The second-order valence-electron chi connectivity index (χ2n) is 5.48. The van der Waals surface area contributed by atoms with E-state index >= 15 is 0 Å². The third-order valence-electron chi connectivity index (χ3n) is 3.79. The van der Waals surface area contributed by atoms with Gasteiger partial charge in [0.1, 0.15) is 5.52 Å². The Bertz CT molecular complexity index is 840. The number of hydrogen-bond acceptors (Lipinski definition) is 3. The third kappa shape index (κ3) is 3.48. The highest BCUT2D eigenvalue weighted by atomic mass is 16.2. The van der Waals surface area contributed by atoms with Gasteiger partial charge in [0, 0.05) is 12.2 Å². The van der Waals surface area contributed by atoms with Crippen molar-refractivity contribution < 1.29 is 4.79 Å². The van der Waals surface area contributed by atoms with Gasteiger partial charge in [0.25, 0.3) is 0 Å². The first kappa shape index (κ1) is 15.0. The van der Waals surface area contributed by atoms with E-state index < -0.39 is 0 Å². The number of aromatic nitrogens is 3. The van der Waals surface area contributed by atoms with Crippen LogP contribution in [-0.4, -0.2) is 27.6 Å². The number of urea groups is 1. The molecular weight excluding hydrogens is 290 g/mol. The number of amides is 2. The van der Waals surface area contributed by atoms with Gasteiger partial charge < -0.3 is 10.6 Å². The molecule has 6 heteroatoms. The molecule has 2 amide bonds. The standard InChI is InChI=1S/C17H19N5O/c1-12-7-8-14(11-13(12)2)19-17(23)18-9-10-22-16-6-4-3-5-15(16)20-21-22/h3-8,11H,9-10H2,1-2H3,(H2,18,19,23). The van der Waals surface area contributed by atoms with Crippen LogP contribution >= 0.6 is 0 Å². The van der Waals surface area contributed by atoms with Crippen molar-refractivity contribution in [3.8, 4) is 0 Å². The molecule has 23 heavy (non-hydrogen) atoms. The van der Waals surface area contributed by atoms with Gasteiger partial charge in [0.2, 0.25) is 0 Å². The van der Waals surface area contributed by atoms with Crippen LogP contribution in [0.25, 0.3) is 11.0 Å². The molecule has 3 rings (SSSR count). The van der Waals surface area contributed by atoms with Gasteiger partial charge in [0.15, 0.2) is 0 Å². The average molecular weight is 309 g/mol. The fourth-order valence-corrected chi connectivity index (χ4v) is 2.35. The molecular formula is C17H19N5O. The Morgan fingerprint density at radius 1 is 1.13 bits per heavy atom. The van der Waals surface area contributed by atoms with Crippen LogP contribution in [0.15, 0.2) is 42.5 Å². The van der Waals surface area contributed by atoms with Crippen molar-refractivity contribution >= 4 is 22.8 Å². The Labute approximate surface area is 134 Å². The lowest BCUT2D eigenvalue weighted by Gasteiger charge is -2.09. The van der Waals surface area contributed by atoms with Crippen LogP contribution in [0.4, 0.5) is 10.5 Å². The number of fused-ring (bicyclic) bond motifs is 1. The molecule has 0 fully saturated rings. The Hall–Kier alpha value is -2.89. The monoisotopic (exact) mass is 309 g/mol. The maximum Gasteiger partial charge on any atom is 0.319 e. The van der Waals surface area contributed by atoms with Crippen molar-refractivity contribution in [1.82, 2.24) is 20.3 Å². The zero-order valence-corrected chi connectivity index (χ0v) is 13.2. The Morgan fingerprint density at radius 3 is 2.78 bits per heavy atom. The predicted octanol–water partition coefficient (Wildman–Crippen LogP) is 2.87. The minimum atomic E-state index is -0.224. The molecule has 118 valence electrons. The maximum absolute atomic E-state index is 11.9. The molecule has 0 atom stereocenters. The largest absolute Gasteiger partial charge is 0.336 e. The molecule has 0 unspecified atom stereocenters. The van der Waals surface area contributed by atoms with E-state index in [0.29, 0.717) is 13.1 Å². The van der Waals surface area contributed by atoms with Crippen LogP contribution in [0.3, 0.4) is 0 Å². The van der Waals surface area contributed by atoms with Crippen LogP contribution in [0, 0.1) is 13.8 Å². The molecule has 1 aromatic heterocycles. The molecule has 2 N–H and O–H groups in total. The smallest absolute Gasteiger partial charge is 0.319 e. The average Bonchev–Trinajstić information content (AvgIpc) is 2.94.